The molecule has 2 nitrogen and oxygen atoms in total. The second-order valence-corrected chi connectivity index (χ2v) is 5.15. The van der Waals surface area contributed by atoms with E-state index in [-0.39, 0.29) is 0 Å². The number of benzene rings is 1. The van der Waals surface area contributed by atoms with Gasteiger partial charge < -0.3 is 5.73 Å². The quantitative estimate of drug-likeness (QED) is 0.824. The summed E-state index contributed by atoms with van der Waals surface area (Å²) in [5, 5.41) is 0. The number of likely N-dealkylation sites (tertiary alicyclic amines) is 1. The molecule has 1 aliphatic heterocycles. The molecule has 1 heterocycles. The van der Waals surface area contributed by atoms with E-state index in [1.807, 2.05) is 0 Å². The lowest BCUT2D eigenvalue weighted by molar-refractivity contribution is 0.152. The molecular weight excluding hydrogens is 196 g/mol. The highest BCUT2D eigenvalue weighted by Gasteiger charge is 2.27. The number of nitrogens with zero attached hydrogens (tertiary/aromatic N) is 1. The largest absolute Gasteiger partial charge is 0.327 e. The van der Waals surface area contributed by atoms with Crippen LogP contribution in [0.1, 0.15) is 31.7 Å². The molecule has 0 aliphatic carbocycles. The van der Waals surface area contributed by atoms with E-state index in [1.54, 1.807) is 0 Å². The Bertz CT molecular complexity index is 321. The molecule has 2 heteroatoms. The Labute approximate surface area is 98.4 Å². The van der Waals surface area contributed by atoms with E-state index in [2.05, 4.69) is 49.1 Å². The average Bonchev–Trinajstić information content (AvgIpc) is 2.29. The Morgan fingerprint density at radius 2 is 1.88 bits per heavy atom. The maximum Gasteiger partial charge on any atom is 0.0174 e. The summed E-state index contributed by atoms with van der Waals surface area (Å²) in [6.45, 7) is 6.69. The summed E-state index contributed by atoms with van der Waals surface area (Å²) < 4.78 is 0. The number of nitrogens with two attached hydrogens (primary N) is 1. The maximum atomic E-state index is 6.15. The van der Waals surface area contributed by atoms with Crippen LogP contribution in [0.3, 0.4) is 0 Å². The molecular formula is C14H22N2. The van der Waals surface area contributed by atoms with Crippen LogP contribution >= 0.6 is 0 Å². The lowest BCUT2D eigenvalue weighted by Gasteiger charge is -2.38. The smallest absolute Gasteiger partial charge is 0.0174 e. The van der Waals surface area contributed by atoms with Gasteiger partial charge in [0.05, 0.1) is 0 Å². The number of hydrogen-bond acceptors (Lipinski definition) is 2. The summed E-state index contributed by atoms with van der Waals surface area (Å²) in [5.74, 6) is 0.604. The first-order chi connectivity index (χ1) is 7.66. The van der Waals surface area contributed by atoms with Gasteiger partial charge in [-0.2, -0.15) is 0 Å². The van der Waals surface area contributed by atoms with Crippen molar-refractivity contribution >= 4 is 0 Å². The first-order valence-corrected chi connectivity index (χ1v) is 6.21. The van der Waals surface area contributed by atoms with Crippen molar-refractivity contribution in [2.45, 2.75) is 38.3 Å². The zero-order valence-electron chi connectivity index (χ0n) is 10.3. The lowest BCUT2D eigenvalue weighted by Crippen LogP contribution is -2.48. The molecule has 2 rings (SSSR count). The van der Waals surface area contributed by atoms with E-state index in [0.29, 0.717) is 18.0 Å². The second-order valence-electron chi connectivity index (χ2n) is 5.15. The van der Waals surface area contributed by atoms with Crippen molar-refractivity contribution in [1.82, 2.24) is 4.90 Å². The van der Waals surface area contributed by atoms with Crippen LogP contribution in [0.15, 0.2) is 30.3 Å². The van der Waals surface area contributed by atoms with Crippen molar-refractivity contribution < 1.29 is 0 Å². The van der Waals surface area contributed by atoms with Crippen molar-refractivity contribution in [3.05, 3.63) is 35.9 Å². The van der Waals surface area contributed by atoms with E-state index >= 15 is 0 Å². The Morgan fingerprint density at radius 3 is 2.50 bits per heavy atom. The van der Waals surface area contributed by atoms with Crippen LogP contribution in [0.5, 0.6) is 0 Å². The van der Waals surface area contributed by atoms with E-state index < -0.39 is 0 Å². The average molecular weight is 218 g/mol. The monoisotopic (exact) mass is 218 g/mol. The standard InChI is InChI=1S/C14H22N2/c1-11(2)16-9-13(8-14(15)10-16)12-6-4-3-5-7-12/h3-7,11,13-14H,8-10,15H2,1-2H3. The fraction of sp³-hybridized carbons (Fsp3) is 0.571. The van der Waals surface area contributed by atoms with Crippen LogP contribution in [0.4, 0.5) is 0 Å². The van der Waals surface area contributed by atoms with Gasteiger partial charge in [0.15, 0.2) is 0 Å². The zero-order chi connectivity index (χ0) is 11.5. The van der Waals surface area contributed by atoms with Crippen molar-refractivity contribution in [2.24, 2.45) is 5.73 Å². The Kier molecular flexibility index (Phi) is 3.62. The summed E-state index contributed by atoms with van der Waals surface area (Å²) in [6.07, 6.45) is 1.12. The first-order valence-electron chi connectivity index (χ1n) is 6.21. The molecule has 1 aliphatic rings. The van der Waals surface area contributed by atoms with Crippen LogP contribution in [0.2, 0.25) is 0 Å². The van der Waals surface area contributed by atoms with Crippen LogP contribution in [0.25, 0.3) is 0 Å². The molecule has 0 bridgehead atoms. The number of rotatable bonds is 2. The van der Waals surface area contributed by atoms with E-state index in [9.17, 15) is 0 Å². The second kappa shape index (κ2) is 4.98. The summed E-state index contributed by atoms with van der Waals surface area (Å²) in [4.78, 5) is 2.49. The van der Waals surface area contributed by atoms with Gasteiger partial charge in [0, 0.05) is 25.2 Å². The lowest BCUT2D eigenvalue weighted by atomic mass is 9.88. The van der Waals surface area contributed by atoms with Crippen LogP contribution in [-0.2, 0) is 0 Å². The third-order valence-electron chi connectivity index (χ3n) is 3.51. The third-order valence-corrected chi connectivity index (χ3v) is 3.51. The maximum absolute atomic E-state index is 6.15. The van der Waals surface area contributed by atoms with Crippen LogP contribution in [0, 0.1) is 0 Å². The molecule has 1 saturated heterocycles. The van der Waals surface area contributed by atoms with Gasteiger partial charge in [0.1, 0.15) is 0 Å². The fourth-order valence-corrected chi connectivity index (χ4v) is 2.56. The minimum Gasteiger partial charge on any atom is -0.327 e. The Morgan fingerprint density at radius 1 is 1.19 bits per heavy atom. The highest BCUT2D eigenvalue weighted by molar-refractivity contribution is 5.21. The predicted octanol–water partition coefficient (Wildman–Crippen LogP) is 2.21. The zero-order valence-corrected chi connectivity index (χ0v) is 10.3. The predicted molar refractivity (Wildman–Crippen MR) is 68.5 cm³/mol. The minimum absolute atomic E-state index is 0.321. The van der Waals surface area contributed by atoms with E-state index in [0.717, 1.165) is 19.5 Å². The topological polar surface area (TPSA) is 29.3 Å². The van der Waals surface area contributed by atoms with Gasteiger partial charge in [-0.15, -0.1) is 0 Å². The highest BCUT2D eigenvalue weighted by Crippen LogP contribution is 2.27. The molecule has 1 fully saturated rings. The molecule has 0 aromatic heterocycles. The van der Waals surface area contributed by atoms with Gasteiger partial charge in [0.2, 0.25) is 0 Å². The fourth-order valence-electron chi connectivity index (χ4n) is 2.56. The van der Waals surface area contributed by atoms with Crippen molar-refractivity contribution in [1.29, 1.82) is 0 Å². The number of piperidine rings is 1. The third kappa shape index (κ3) is 2.63. The van der Waals surface area contributed by atoms with Gasteiger partial charge in [-0.1, -0.05) is 30.3 Å². The molecule has 2 atom stereocenters. The van der Waals surface area contributed by atoms with E-state index in [4.69, 9.17) is 5.73 Å². The van der Waals surface area contributed by atoms with Crippen molar-refractivity contribution in [3.8, 4) is 0 Å². The summed E-state index contributed by atoms with van der Waals surface area (Å²) in [5.41, 5.74) is 7.58. The molecule has 1 aromatic carbocycles. The highest BCUT2D eigenvalue weighted by atomic mass is 15.2. The van der Waals surface area contributed by atoms with Crippen molar-refractivity contribution in [3.63, 3.8) is 0 Å². The molecule has 2 unspecified atom stereocenters. The molecule has 0 radical (unpaired) electrons. The SMILES string of the molecule is CC(C)N1CC(N)CC(c2ccccc2)C1. The molecule has 0 spiro atoms. The van der Waals surface area contributed by atoms with Crippen LogP contribution in [-0.4, -0.2) is 30.1 Å². The van der Waals surface area contributed by atoms with Crippen LogP contribution < -0.4 is 5.73 Å². The molecule has 2 N–H and O–H groups in total. The molecule has 0 saturated carbocycles. The molecule has 1 aromatic rings. The summed E-state index contributed by atoms with van der Waals surface area (Å²) >= 11 is 0. The van der Waals surface area contributed by atoms with E-state index in [1.165, 1.54) is 5.56 Å². The van der Waals surface area contributed by atoms with Crippen molar-refractivity contribution in [2.75, 3.05) is 13.1 Å². The first kappa shape index (κ1) is 11.6. The molecule has 16 heavy (non-hydrogen) atoms. The Balaban J connectivity index is 2.11. The van der Waals surface area contributed by atoms with Gasteiger partial charge in [-0.3, -0.25) is 4.90 Å². The normalized spacial score (nSPS) is 27.2. The van der Waals surface area contributed by atoms with Gasteiger partial charge in [0.25, 0.3) is 0 Å². The number of hydrogen-bond donors (Lipinski definition) is 1. The summed E-state index contributed by atoms with van der Waals surface area (Å²) in [6, 6.07) is 11.7. The molecule has 0 amide bonds. The minimum atomic E-state index is 0.321. The Hall–Kier alpha value is -0.860. The van der Waals surface area contributed by atoms with Gasteiger partial charge in [-0.25, -0.2) is 0 Å². The van der Waals surface area contributed by atoms with Gasteiger partial charge >= 0.3 is 0 Å². The van der Waals surface area contributed by atoms with Gasteiger partial charge in [-0.05, 0) is 31.7 Å². The molecule has 88 valence electrons. The summed E-state index contributed by atoms with van der Waals surface area (Å²) in [7, 11) is 0.